The molecule has 2 unspecified atom stereocenters. The number of aryl methyl sites for hydroxylation is 1. The van der Waals surface area contributed by atoms with Crippen LogP contribution in [0.3, 0.4) is 0 Å². The molecule has 2 aromatic heterocycles. The van der Waals surface area contributed by atoms with E-state index in [0.717, 1.165) is 50.0 Å². The Labute approximate surface area is 180 Å². The summed E-state index contributed by atoms with van der Waals surface area (Å²) in [6.07, 6.45) is 5.47. The van der Waals surface area contributed by atoms with Gasteiger partial charge in [0.1, 0.15) is 5.56 Å². The Hall–Kier alpha value is -2.12. The monoisotopic (exact) mass is 435 g/mol. The highest BCUT2D eigenvalue weighted by molar-refractivity contribution is 5.89. The van der Waals surface area contributed by atoms with Crippen LogP contribution in [-0.4, -0.2) is 53.1 Å². The number of carbonyl (C=O) groups is 1. The summed E-state index contributed by atoms with van der Waals surface area (Å²) in [6, 6.07) is 1.95. The van der Waals surface area contributed by atoms with Crippen LogP contribution < -0.4 is 10.5 Å². The number of pyridine rings is 2. The van der Waals surface area contributed by atoms with Gasteiger partial charge in [0.05, 0.1) is 17.4 Å². The molecule has 2 atom stereocenters. The zero-order valence-corrected chi connectivity index (χ0v) is 18.0. The Morgan fingerprint density at radius 2 is 1.97 bits per heavy atom. The van der Waals surface area contributed by atoms with Gasteiger partial charge < -0.3 is 14.9 Å². The van der Waals surface area contributed by atoms with E-state index in [0.29, 0.717) is 23.2 Å². The van der Waals surface area contributed by atoms with E-state index in [9.17, 15) is 14.7 Å². The third kappa shape index (κ3) is 3.19. The van der Waals surface area contributed by atoms with Crippen LogP contribution in [0.5, 0.6) is 0 Å². The largest absolute Gasteiger partial charge is 0.477 e. The van der Waals surface area contributed by atoms with Gasteiger partial charge in [0.15, 0.2) is 5.82 Å². The molecule has 162 valence electrons. The first-order valence-electron chi connectivity index (χ1n) is 10.4. The van der Waals surface area contributed by atoms with Crippen LogP contribution in [-0.2, 0) is 0 Å². The lowest BCUT2D eigenvalue weighted by Crippen LogP contribution is -2.42. The predicted molar refractivity (Wildman–Crippen MR) is 116 cm³/mol. The average Bonchev–Trinajstić information content (AvgIpc) is 3.42. The van der Waals surface area contributed by atoms with Crippen molar-refractivity contribution in [3.63, 3.8) is 0 Å². The molecule has 30 heavy (non-hydrogen) atoms. The minimum absolute atomic E-state index is 0. The standard InChI is InChI=1S/C22H26FN3O3.ClH/c1-12-19-15(13-5-6-13)8-16(22(28)29)21(27)26(19)10-17(23)20(12)25-9-14-4-3-7-24(2)18(14)11-25;/h8,10,13-14,18H,3-7,9,11H2,1-2H3,(H,28,29);1H. The summed E-state index contributed by atoms with van der Waals surface area (Å²) < 4.78 is 16.5. The van der Waals surface area contributed by atoms with Gasteiger partial charge in [-0.05, 0) is 75.2 Å². The Bertz CT molecular complexity index is 1080. The summed E-state index contributed by atoms with van der Waals surface area (Å²) in [5, 5.41) is 9.44. The fourth-order valence-electron chi connectivity index (χ4n) is 5.48. The lowest BCUT2D eigenvalue weighted by Gasteiger charge is -2.33. The summed E-state index contributed by atoms with van der Waals surface area (Å²) in [5.41, 5.74) is 1.89. The van der Waals surface area contributed by atoms with Gasteiger partial charge >= 0.3 is 5.97 Å². The van der Waals surface area contributed by atoms with Crippen molar-refractivity contribution >= 4 is 29.6 Å². The Kier molecular flexibility index (Phi) is 5.31. The highest BCUT2D eigenvalue weighted by Crippen LogP contribution is 2.44. The third-order valence-corrected chi connectivity index (χ3v) is 7.06. The van der Waals surface area contributed by atoms with E-state index in [4.69, 9.17) is 0 Å². The number of piperidine rings is 1. The van der Waals surface area contributed by atoms with Gasteiger partial charge in [-0.2, -0.15) is 0 Å². The van der Waals surface area contributed by atoms with Crippen molar-refractivity contribution in [3.8, 4) is 0 Å². The van der Waals surface area contributed by atoms with Crippen LogP contribution in [0.25, 0.3) is 5.52 Å². The van der Waals surface area contributed by atoms with E-state index >= 15 is 4.39 Å². The van der Waals surface area contributed by atoms with E-state index in [1.807, 2.05) is 6.92 Å². The zero-order chi connectivity index (χ0) is 20.4. The molecule has 1 N–H and O–H groups in total. The van der Waals surface area contributed by atoms with E-state index in [-0.39, 0.29) is 23.9 Å². The van der Waals surface area contributed by atoms with Crippen LogP contribution in [0.1, 0.15) is 53.1 Å². The summed E-state index contributed by atoms with van der Waals surface area (Å²) in [7, 11) is 2.14. The first-order valence-corrected chi connectivity index (χ1v) is 10.4. The Morgan fingerprint density at radius 1 is 1.23 bits per heavy atom. The molecule has 5 rings (SSSR count). The van der Waals surface area contributed by atoms with Gasteiger partial charge in [-0.25, -0.2) is 9.18 Å². The third-order valence-electron chi connectivity index (χ3n) is 7.06. The van der Waals surface area contributed by atoms with Crippen molar-refractivity contribution in [1.82, 2.24) is 9.30 Å². The van der Waals surface area contributed by atoms with Crippen molar-refractivity contribution in [2.75, 3.05) is 31.6 Å². The number of likely N-dealkylation sites (N-methyl/N-ethyl adjacent to an activating group) is 1. The molecule has 1 saturated carbocycles. The molecule has 3 aliphatic rings. The number of aromatic carboxylic acids is 1. The van der Waals surface area contributed by atoms with Crippen LogP contribution in [0, 0.1) is 18.7 Å². The van der Waals surface area contributed by atoms with Gasteiger partial charge in [0.25, 0.3) is 5.56 Å². The maximum atomic E-state index is 15.3. The fourth-order valence-corrected chi connectivity index (χ4v) is 5.48. The van der Waals surface area contributed by atoms with Crippen molar-refractivity contribution < 1.29 is 14.3 Å². The molecular formula is C22H27ClFN3O3. The van der Waals surface area contributed by atoms with Gasteiger partial charge in [-0.1, -0.05) is 0 Å². The molecule has 2 aliphatic heterocycles. The molecule has 8 heteroatoms. The van der Waals surface area contributed by atoms with Crippen LogP contribution >= 0.6 is 12.4 Å². The first-order chi connectivity index (χ1) is 13.9. The minimum Gasteiger partial charge on any atom is -0.477 e. The molecular weight excluding hydrogens is 409 g/mol. The van der Waals surface area contributed by atoms with E-state index < -0.39 is 17.3 Å². The lowest BCUT2D eigenvalue weighted by molar-refractivity contribution is 0.0694. The number of likely N-dealkylation sites (tertiary alicyclic amines) is 1. The number of nitrogens with zero attached hydrogens (tertiary/aromatic N) is 3. The molecule has 6 nitrogen and oxygen atoms in total. The first kappa shape index (κ1) is 21.1. The molecule has 2 saturated heterocycles. The molecule has 0 radical (unpaired) electrons. The second-order valence-corrected chi connectivity index (χ2v) is 8.92. The van der Waals surface area contributed by atoms with Gasteiger partial charge in [0.2, 0.25) is 0 Å². The Morgan fingerprint density at radius 3 is 2.60 bits per heavy atom. The van der Waals surface area contributed by atoms with Crippen LogP contribution in [0.4, 0.5) is 10.1 Å². The Balaban J connectivity index is 0.00000218. The van der Waals surface area contributed by atoms with Crippen molar-refractivity contribution in [2.45, 2.75) is 44.6 Å². The number of rotatable bonds is 3. The smallest absolute Gasteiger partial charge is 0.341 e. The normalized spacial score (nSPS) is 24.0. The van der Waals surface area contributed by atoms with Gasteiger partial charge in [0, 0.05) is 19.1 Å². The maximum Gasteiger partial charge on any atom is 0.341 e. The number of carboxylic acid groups (broad SMARTS) is 1. The zero-order valence-electron chi connectivity index (χ0n) is 17.2. The molecule has 2 aromatic rings. The number of anilines is 1. The molecule has 0 aromatic carbocycles. The SMILES string of the molecule is Cc1c(N2CC3CCCN(C)C3C2)c(F)cn2c(=O)c(C(=O)O)cc(C3CC3)c12.Cl. The highest BCUT2D eigenvalue weighted by Gasteiger charge is 2.39. The number of hydrogen-bond donors (Lipinski definition) is 1. The number of hydrogen-bond acceptors (Lipinski definition) is 4. The summed E-state index contributed by atoms with van der Waals surface area (Å²) in [4.78, 5) is 28.8. The highest BCUT2D eigenvalue weighted by atomic mass is 35.5. The van der Waals surface area contributed by atoms with E-state index in [1.165, 1.54) is 23.1 Å². The number of halogens is 2. The second-order valence-electron chi connectivity index (χ2n) is 8.92. The maximum absolute atomic E-state index is 15.3. The average molecular weight is 436 g/mol. The van der Waals surface area contributed by atoms with Crippen LogP contribution in [0.15, 0.2) is 17.1 Å². The van der Waals surface area contributed by atoms with E-state index in [1.54, 1.807) is 0 Å². The fraction of sp³-hybridized carbons (Fsp3) is 0.545. The minimum atomic E-state index is -1.26. The van der Waals surface area contributed by atoms with Crippen molar-refractivity contribution in [3.05, 3.63) is 45.1 Å². The molecule has 3 fully saturated rings. The summed E-state index contributed by atoms with van der Waals surface area (Å²) in [6.45, 7) is 4.54. The number of carboxylic acids is 1. The van der Waals surface area contributed by atoms with Crippen LogP contribution in [0.2, 0.25) is 0 Å². The van der Waals surface area contributed by atoms with Gasteiger partial charge in [-0.3, -0.25) is 9.20 Å². The number of aromatic nitrogens is 1. The molecule has 0 spiro atoms. The summed E-state index contributed by atoms with van der Waals surface area (Å²) >= 11 is 0. The van der Waals surface area contributed by atoms with Crippen molar-refractivity contribution in [1.29, 1.82) is 0 Å². The van der Waals surface area contributed by atoms with E-state index in [2.05, 4.69) is 16.8 Å². The van der Waals surface area contributed by atoms with Crippen molar-refractivity contribution in [2.24, 2.45) is 5.92 Å². The second kappa shape index (κ2) is 7.54. The molecule has 4 heterocycles. The topological polar surface area (TPSA) is 65.3 Å². The van der Waals surface area contributed by atoms with Gasteiger partial charge in [-0.15, -0.1) is 12.4 Å². The lowest BCUT2D eigenvalue weighted by atomic mass is 9.93. The molecule has 0 amide bonds. The predicted octanol–water partition coefficient (Wildman–Crippen LogP) is 3.27. The molecule has 0 bridgehead atoms. The summed E-state index contributed by atoms with van der Waals surface area (Å²) in [5.74, 6) is -0.945. The quantitative estimate of drug-likeness (QED) is 0.801. The number of fused-ring (bicyclic) bond motifs is 2. The molecule has 1 aliphatic carbocycles.